The molecule has 1 aromatic carbocycles. The number of benzene rings is 1. The number of likely N-dealkylation sites (tertiary alicyclic amines) is 1. The van der Waals surface area contributed by atoms with Gasteiger partial charge in [-0.1, -0.05) is 18.2 Å². The molecule has 6 heteroatoms. The van der Waals surface area contributed by atoms with Crippen LogP contribution in [0.3, 0.4) is 0 Å². The molecule has 0 spiro atoms. The van der Waals surface area contributed by atoms with Crippen molar-refractivity contribution in [2.75, 3.05) is 19.6 Å². The first kappa shape index (κ1) is 15.2. The summed E-state index contributed by atoms with van der Waals surface area (Å²) in [5.74, 6) is -0.267. The van der Waals surface area contributed by atoms with Gasteiger partial charge in [-0.2, -0.15) is 0 Å². The molecule has 1 aromatic rings. The third kappa shape index (κ3) is 2.12. The SMILES string of the molecule is NC(=O)C12CC(CN1C(=O)C1CCN(C(=O)c3ccccc3)C1)C2. The van der Waals surface area contributed by atoms with Crippen LogP contribution in [0.1, 0.15) is 29.6 Å². The minimum atomic E-state index is -0.751. The largest absolute Gasteiger partial charge is 0.368 e. The molecule has 1 aliphatic carbocycles. The molecule has 3 amide bonds. The van der Waals surface area contributed by atoms with Crippen LogP contribution in [0.25, 0.3) is 0 Å². The number of hydrogen-bond acceptors (Lipinski definition) is 3. The fourth-order valence-electron chi connectivity index (χ4n) is 4.44. The lowest BCUT2D eigenvalue weighted by molar-refractivity contribution is -0.146. The van der Waals surface area contributed by atoms with Gasteiger partial charge in [-0.15, -0.1) is 0 Å². The van der Waals surface area contributed by atoms with Gasteiger partial charge in [0.05, 0.1) is 5.92 Å². The number of nitrogens with two attached hydrogens (primary N) is 1. The molecule has 4 fully saturated rings. The molecule has 4 aliphatic rings. The van der Waals surface area contributed by atoms with Gasteiger partial charge in [0.1, 0.15) is 5.54 Å². The Morgan fingerprint density at radius 2 is 1.79 bits per heavy atom. The summed E-state index contributed by atoms with van der Waals surface area (Å²) in [4.78, 5) is 40.6. The summed E-state index contributed by atoms with van der Waals surface area (Å²) in [7, 11) is 0. The maximum Gasteiger partial charge on any atom is 0.253 e. The highest BCUT2D eigenvalue weighted by Gasteiger charge is 2.62. The third-order valence-electron chi connectivity index (χ3n) is 5.78. The van der Waals surface area contributed by atoms with Crippen molar-refractivity contribution < 1.29 is 14.4 Å². The lowest BCUT2D eigenvalue weighted by Gasteiger charge is -2.39. The van der Waals surface area contributed by atoms with Gasteiger partial charge in [-0.3, -0.25) is 14.4 Å². The van der Waals surface area contributed by atoms with E-state index in [0.717, 1.165) is 0 Å². The van der Waals surface area contributed by atoms with E-state index in [0.29, 0.717) is 50.4 Å². The second-order valence-corrected chi connectivity index (χ2v) is 7.22. The number of primary amides is 1. The van der Waals surface area contributed by atoms with Gasteiger partial charge in [-0.05, 0) is 37.3 Å². The highest BCUT2D eigenvalue weighted by molar-refractivity contribution is 5.96. The van der Waals surface area contributed by atoms with Gasteiger partial charge in [0, 0.05) is 25.2 Å². The van der Waals surface area contributed by atoms with Crippen LogP contribution < -0.4 is 5.73 Å². The molecule has 0 radical (unpaired) electrons. The zero-order valence-electron chi connectivity index (χ0n) is 13.5. The van der Waals surface area contributed by atoms with Crippen LogP contribution in [-0.4, -0.2) is 52.7 Å². The number of carbonyl (C=O) groups is 3. The Labute approximate surface area is 140 Å². The summed E-state index contributed by atoms with van der Waals surface area (Å²) in [5, 5.41) is 0. The van der Waals surface area contributed by atoms with E-state index in [1.54, 1.807) is 21.9 Å². The molecule has 3 saturated heterocycles. The molecular formula is C18H21N3O3. The maximum atomic E-state index is 12.9. The highest BCUT2D eigenvalue weighted by atomic mass is 16.2. The van der Waals surface area contributed by atoms with Crippen LogP contribution >= 0.6 is 0 Å². The van der Waals surface area contributed by atoms with Gasteiger partial charge in [0.25, 0.3) is 5.91 Å². The molecule has 0 aromatic heterocycles. The first-order valence-corrected chi connectivity index (χ1v) is 8.47. The van der Waals surface area contributed by atoms with E-state index in [1.807, 2.05) is 18.2 Å². The topological polar surface area (TPSA) is 83.7 Å². The summed E-state index contributed by atoms with van der Waals surface area (Å²) in [6.45, 7) is 1.62. The van der Waals surface area contributed by atoms with Crippen molar-refractivity contribution in [2.24, 2.45) is 17.6 Å². The van der Waals surface area contributed by atoms with E-state index in [2.05, 4.69) is 0 Å². The summed E-state index contributed by atoms with van der Waals surface area (Å²) >= 11 is 0. The number of hydrogen-bond donors (Lipinski definition) is 1. The molecule has 24 heavy (non-hydrogen) atoms. The van der Waals surface area contributed by atoms with Crippen LogP contribution in [0.5, 0.6) is 0 Å². The van der Waals surface area contributed by atoms with E-state index in [-0.39, 0.29) is 23.6 Å². The zero-order valence-corrected chi connectivity index (χ0v) is 13.5. The Kier molecular flexibility index (Phi) is 3.37. The van der Waals surface area contributed by atoms with Crippen LogP contribution in [0, 0.1) is 11.8 Å². The monoisotopic (exact) mass is 327 g/mol. The van der Waals surface area contributed by atoms with Crippen LogP contribution in [0.2, 0.25) is 0 Å². The third-order valence-corrected chi connectivity index (χ3v) is 5.78. The first-order chi connectivity index (χ1) is 11.5. The lowest BCUT2D eigenvalue weighted by atomic mass is 9.72. The summed E-state index contributed by atoms with van der Waals surface area (Å²) in [5.41, 5.74) is 5.44. The number of carbonyl (C=O) groups excluding carboxylic acids is 3. The minimum absolute atomic E-state index is 0.0165. The first-order valence-electron chi connectivity index (χ1n) is 8.47. The Hall–Kier alpha value is -2.37. The van der Waals surface area contributed by atoms with Gasteiger partial charge in [0.15, 0.2) is 0 Å². The van der Waals surface area contributed by atoms with Gasteiger partial charge in [-0.25, -0.2) is 0 Å². The molecule has 1 atom stereocenters. The molecule has 126 valence electrons. The quantitative estimate of drug-likeness (QED) is 0.883. The van der Waals surface area contributed by atoms with E-state index in [4.69, 9.17) is 5.73 Å². The van der Waals surface area contributed by atoms with Crippen molar-refractivity contribution >= 4 is 17.7 Å². The minimum Gasteiger partial charge on any atom is -0.368 e. The second kappa shape index (κ2) is 5.33. The van der Waals surface area contributed by atoms with Crippen LogP contribution in [-0.2, 0) is 9.59 Å². The van der Waals surface area contributed by atoms with Crippen molar-refractivity contribution in [2.45, 2.75) is 24.8 Å². The molecule has 6 nitrogen and oxygen atoms in total. The molecule has 2 N–H and O–H groups in total. The standard InChI is InChI=1S/C18H21N3O3/c19-17(24)18-8-12(9-18)10-21(18)16(23)14-6-7-20(11-14)15(22)13-4-2-1-3-5-13/h1-5,12,14H,6-11H2,(H2,19,24). The van der Waals surface area contributed by atoms with Crippen molar-refractivity contribution in [1.82, 2.24) is 9.80 Å². The highest BCUT2D eigenvalue weighted by Crippen LogP contribution is 2.51. The molecule has 1 saturated carbocycles. The molecule has 3 heterocycles. The average molecular weight is 327 g/mol. The molecular weight excluding hydrogens is 306 g/mol. The van der Waals surface area contributed by atoms with Crippen LogP contribution in [0.15, 0.2) is 30.3 Å². The van der Waals surface area contributed by atoms with Crippen molar-refractivity contribution in [3.63, 3.8) is 0 Å². The molecule has 2 bridgehead atoms. The number of fused-ring (bicyclic) bond motifs is 1. The predicted octanol–water partition coefficient (Wildman–Crippen LogP) is 0.625. The van der Waals surface area contributed by atoms with Crippen molar-refractivity contribution in [3.8, 4) is 0 Å². The number of nitrogens with zero attached hydrogens (tertiary/aromatic N) is 2. The fraction of sp³-hybridized carbons (Fsp3) is 0.500. The molecule has 3 aliphatic heterocycles. The van der Waals surface area contributed by atoms with E-state index in [9.17, 15) is 14.4 Å². The summed E-state index contributed by atoms with van der Waals surface area (Å²) in [6, 6.07) is 9.11. The lowest BCUT2D eigenvalue weighted by Crippen LogP contribution is -2.58. The van der Waals surface area contributed by atoms with E-state index >= 15 is 0 Å². The average Bonchev–Trinajstić information content (AvgIpc) is 3.26. The predicted molar refractivity (Wildman–Crippen MR) is 86.8 cm³/mol. The zero-order chi connectivity index (χ0) is 16.9. The Bertz CT molecular complexity index is 697. The van der Waals surface area contributed by atoms with E-state index < -0.39 is 5.54 Å². The van der Waals surface area contributed by atoms with Crippen molar-refractivity contribution in [3.05, 3.63) is 35.9 Å². The fourth-order valence-corrected chi connectivity index (χ4v) is 4.44. The smallest absolute Gasteiger partial charge is 0.253 e. The second-order valence-electron chi connectivity index (χ2n) is 7.22. The number of amides is 3. The number of rotatable bonds is 3. The van der Waals surface area contributed by atoms with Crippen LogP contribution in [0.4, 0.5) is 0 Å². The Morgan fingerprint density at radius 1 is 1.08 bits per heavy atom. The Balaban J connectivity index is 1.45. The molecule has 5 rings (SSSR count). The normalized spacial score (nSPS) is 31.0. The molecule has 1 unspecified atom stereocenters. The summed E-state index contributed by atoms with van der Waals surface area (Å²) in [6.07, 6.45) is 2.05. The van der Waals surface area contributed by atoms with Crippen molar-refractivity contribution in [1.29, 1.82) is 0 Å². The van der Waals surface area contributed by atoms with Gasteiger partial charge < -0.3 is 15.5 Å². The van der Waals surface area contributed by atoms with Gasteiger partial charge >= 0.3 is 0 Å². The van der Waals surface area contributed by atoms with E-state index in [1.165, 1.54) is 0 Å². The maximum absolute atomic E-state index is 12.9. The summed E-state index contributed by atoms with van der Waals surface area (Å²) < 4.78 is 0. The Morgan fingerprint density at radius 3 is 2.46 bits per heavy atom. The van der Waals surface area contributed by atoms with Gasteiger partial charge in [0.2, 0.25) is 11.8 Å².